The Balaban J connectivity index is 2.89. The van der Waals surface area contributed by atoms with Crippen LogP contribution in [0, 0.1) is 5.41 Å². The van der Waals surface area contributed by atoms with Crippen LogP contribution < -0.4 is 10.1 Å². The van der Waals surface area contributed by atoms with Gasteiger partial charge in [0.2, 0.25) is 0 Å². The molecule has 0 unspecified atom stereocenters. The van der Waals surface area contributed by atoms with Crippen LogP contribution in [0.25, 0.3) is 0 Å². The fraction of sp³-hybridized carbons (Fsp3) is 0.500. The average molecular weight is 271 g/mol. The first-order chi connectivity index (χ1) is 8.27. The molecule has 1 rings (SSSR count). The van der Waals surface area contributed by atoms with E-state index in [9.17, 15) is 9.59 Å². The summed E-state index contributed by atoms with van der Waals surface area (Å²) in [6.45, 7) is 5.28. The maximum atomic E-state index is 12.0. The summed E-state index contributed by atoms with van der Waals surface area (Å²) in [5, 5.41) is 13.4. The van der Waals surface area contributed by atoms with Gasteiger partial charge in [-0.3, -0.25) is 4.79 Å². The second-order valence-electron chi connectivity index (χ2n) is 4.93. The number of hydrogen-bond donors (Lipinski definition) is 2. The molecule has 1 heterocycles. The summed E-state index contributed by atoms with van der Waals surface area (Å²) in [5.74, 6) is -1.02. The van der Waals surface area contributed by atoms with Crippen LogP contribution in [-0.2, 0) is 4.79 Å². The van der Waals surface area contributed by atoms with Gasteiger partial charge in [-0.2, -0.15) is 0 Å². The number of carboxylic acids is 1. The Labute approximate surface area is 110 Å². The molecule has 0 aliphatic rings. The molecule has 100 valence electrons. The minimum atomic E-state index is -1.05. The number of hydrogen-bond acceptors (Lipinski definition) is 4. The van der Waals surface area contributed by atoms with E-state index in [0.717, 1.165) is 0 Å². The molecule has 1 amide bonds. The van der Waals surface area contributed by atoms with Crippen LogP contribution in [0.2, 0.25) is 0 Å². The van der Waals surface area contributed by atoms with Crippen molar-refractivity contribution in [3.05, 3.63) is 16.3 Å². The summed E-state index contributed by atoms with van der Waals surface area (Å²) in [4.78, 5) is 23.5. The van der Waals surface area contributed by atoms with Crippen molar-refractivity contribution in [2.75, 3.05) is 7.11 Å². The van der Waals surface area contributed by atoms with E-state index in [1.54, 1.807) is 32.2 Å². The summed E-state index contributed by atoms with van der Waals surface area (Å²) in [6, 6.07) is 0.726. The van der Waals surface area contributed by atoms with Crippen LogP contribution >= 0.6 is 11.3 Å². The highest BCUT2D eigenvalue weighted by Crippen LogP contribution is 2.26. The molecule has 1 aromatic rings. The molecule has 1 aromatic heterocycles. The second-order valence-corrected chi connectivity index (χ2v) is 5.84. The van der Waals surface area contributed by atoms with Gasteiger partial charge in [0.1, 0.15) is 16.7 Å². The Morgan fingerprint density at radius 1 is 1.44 bits per heavy atom. The number of nitrogens with one attached hydrogen (secondary N) is 1. The standard InChI is InChI=1S/C12H17NO4S/c1-12(2,3)9(11(15)16)13-10(14)8-7(17-4)5-6-18-8/h5-6,9H,1-4H3,(H,13,14)(H,15,16)/t9-/m1/s1. The fourth-order valence-electron chi connectivity index (χ4n) is 1.47. The summed E-state index contributed by atoms with van der Waals surface area (Å²) >= 11 is 1.22. The van der Waals surface area contributed by atoms with Crippen molar-refractivity contribution in [1.29, 1.82) is 0 Å². The van der Waals surface area contributed by atoms with Gasteiger partial charge in [-0.25, -0.2) is 4.79 Å². The molecule has 0 saturated carbocycles. The zero-order valence-corrected chi connectivity index (χ0v) is 11.6. The third-order valence-corrected chi connectivity index (χ3v) is 3.34. The molecule has 0 radical (unpaired) electrons. The molecule has 6 heteroatoms. The molecule has 0 aromatic carbocycles. The molecule has 1 atom stereocenters. The van der Waals surface area contributed by atoms with Crippen LogP contribution in [0.1, 0.15) is 30.4 Å². The van der Waals surface area contributed by atoms with E-state index in [1.807, 2.05) is 0 Å². The molecule has 0 spiro atoms. The van der Waals surface area contributed by atoms with Crippen LogP contribution in [0.5, 0.6) is 5.75 Å². The molecular formula is C12H17NO4S. The van der Waals surface area contributed by atoms with E-state index in [2.05, 4.69) is 5.32 Å². The Kier molecular flexibility index (Phi) is 4.34. The van der Waals surface area contributed by atoms with Crippen LogP contribution in [0.4, 0.5) is 0 Å². The Morgan fingerprint density at radius 3 is 2.50 bits per heavy atom. The number of carbonyl (C=O) groups is 2. The van der Waals surface area contributed by atoms with Crippen LogP contribution in [-0.4, -0.2) is 30.1 Å². The lowest BCUT2D eigenvalue weighted by atomic mass is 9.87. The predicted molar refractivity (Wildman–Crippen MR) is 69.2 cm³/mol. The number of methoxy groups -OCH3 is 1. The van der Waals surface area contributed by atoms with E-state index >= 15 is 0 Å². The van der Waals surface area contributed by atoms with Crippen molar-refractivity contribution < 1.29 is 19.4 Å². The number of aliphatic carboxylic acids is 1. The first-order valence-corrected chi connectivity index (χ1v) is 6.30. The summed E-state index contributed by atoms with van der Waals surface area (Å²) < 4.78 is 5.04. The third kappa shape index (κ3) is 3.22. The van der Waals surface area contributed by atoms with Crippen molar-refractivity contribution in [1.82, 2.24) is 5.32 Å². The summed E-state index contributed by atoms with van der Waals surface area (Å²) in [5.41, 5.74) is -0.564. The predicted octanol–water partition coefficient (Wildman–Crippen LogP) is 1.99. The van der Waals surface area contributed by atoms with E-state index in [0.29, 0.717) is 10.6 Å². The van der Waals surface area contributed by atoms with Crippen LogP contribution in [0.15, 0.2) is 11.4 Å². The maximum Gasteiger partial charge on any atom is 0.326 e. The highest BCUT2D eigenvalue weighted by atomic mass is 32.1. The van der Waals surface area contributed by atoms with Crippen LogP contribution in [0.3, 0.4) is 0 Å². The first kappa shape index (κ1) is 14.5. The van der Waals surface area contributed by atoms with E-state index < -0.39 is 23.3 Å². The van der Waals surface area contributed by atoms with Gasteiger partial charge in [0.05, 0.1) is 7.11 Å². The monoisotopic (exact) mass is 271 g/mol. The molecule has 0 fully saturated rings. The lowest BCUT2D eigenvalue weighted by molar-refractivity contribution is -0.142. The molecule has 0 bridgehead atoms. The largest absolute Gasteiger partial charge is 0.495 e. The van der Waals surface area contributed by atoms with Crippen molar-refractivity contribution in [2.45, 2.75) is 26.8 Å². The number of amides is 1. The number of rotatable bonds is 4. The van der Waals surface area contributed by atoms with E-state index in [-0.39, 0.29) is 0 Å². The highest BCUT2D eigenvalue weighted by molar-refractivity contribution is 7.12. The van der Waals surface area contributed by atoms with Crippen molar-refractivity contribution >= 4 is 23.2 Å². The maximum absolute atomic E-state index is 12.0. The normalized spacial score (nSPS) is 12.9. The Bertz CT molecular complexity index is 447. The number of carbonyl (C=O) groups excluding carboxylic acids is 1. The summed E-state index contributed by atoms with van der Waals surface area (Å²) in [7, 11) is 1.47. The van der Waals surface area contributed by atoms with Gasteiger partial charge in [-0.1, -0.05) is 20.8 Å². The Hall–Kier alpha value is -1.56. The average Bonchev–Trinajstić information content (AvgIpc) is 2.71. The molecule has 0 saturated heterocycles. The molecule has 2 N–H and O–H groups in total. The lowest BCUT2D eigenvalue weighted by Crippen LogP contribution is -2.48. The SMILES string of the molecule is COc1ccsc1C(=O)N[C@H](C(=O)O)C(C)(C)C. The van der Waals surface area contributed by atoms with E-state index in [4.69, 9.17) is 9.84 Å². The topological polar surface area (TPSA) is 75.6 Å². The van der Waals surface area contributed by atoms with Gasteiger partial charge in [0.25, 0.3) is 5.91 Å². The molecule has 0 aliphatic carbocycles. The Morgan fingerprint density at radius 2 is 2.06 bits per heavy atom. The van der Waals surface area contributed by atoms with Gasteiger partial charge >= 0.3 is 5.97 Å². The fourth-order valence-corrected chi connectivity index (χ4v) is 2.23. The first-order valence-electron chi connectivity index (χ1n) is 5.42. The highest BCUT2D eigenvalue weighted by Gasteiger charge is 2.33. The third-order valence-electron chi connectivity index (χ3n) is 2.44. The zero-order valence-electron chi connectivity index (χ0n) is 10.8. The quantitative estimate of drug-likeness (QED) is 0.878. The van der Waals surface area contributed by atoms with E-state index in [1.165, 1.54) is 18.4 Å². The molecule has 0 aliphatic heterocycles. The van der Waals surface area contributed by atoms with Gasteiger partial charge in [-0.05, 0) is 16.9 Å². The van der Waals surface area contributed by atoms with Gasteiger partial charge in [0.15, 0.2) is 0 Å². The van der Waals surface area contributed by atoms with Crippen molar-refractivity contribution in [2.24, 2.45) is 5.41 Å². The zero-order chi connectivity index (χ0) is 13.9. The van der Waals surface area contributed by atoms with Crippen molar-refractivity contribution in [3.8, 4) is 5.75 Å². The second kappa shape index (κ2) is 5.39. The smallest absolute Gasteiger partial charge is 0.326 e. The lowest BCUT2D eigenvalue weighted by Gasteiger charge is -2.27. The minimum absolute atomic E-state index is 0.382. The minimum Gasteiger partial charge on any atom is -0.495 e. The van der Waals surface area contributed by atoms with Gasteiger partial charge < -0.3 is 15.2 Å². The van der Waals surface area contributed by atoms with Gasteiger partial charge in [-0.15, -0.1) is 11.3 Å². The number of thiophene rings is 1. The molecular weight excluding hydrogens is 254 g/mol. The molecule has 5 nitrogen and oxygen atoms in total. The van der Waals surface area contributed by atoms with Gasteiger partial charge in [0, 0.05) is 0 Å². The molecule has 18 heavy (non-hydrogen) atoms. The number of carboxylic acid groups (broad SMARTS) is 1. The van der Waals surface area contributed by atoms with Crippen molar-refractivity contribution in [3.63, 3.8) is 0 Å². The number of ether oxygens (including phenoxy) is 1. The summed E-state index contributed by atoms with van der Waals surface area (Å²) in [6.07, 6.45) is 0.